The van der Waals surface area contributed by atoms with Gasteiger partial charge in [-0.25, -0.2) is 4.39 Å². The number of benzene rings is 2. The van der Waals surface area contributed by atoms with Crippen molar-refractivity contribution in [2.45, 2.75) is 23.6 Å². The molecule has 0 bridgehead atoms. The molecule has 0 aromatic heterocycles. The van der Waals surface area contributed by atoms with Gasteiger partial charge in [0.05, 0.1) is 7.11 Å². The van der Waals surface area contributed by atoms with Crippen molar-refractivity contribution in [2.75, 3.05) is 14.2 Å². The zero-order valence-corrected chi connectivity index (χ0v) is 13.3. The van der Waals surface area contributed by atoms with Gasteiger partial charge in [0.1, 0.15) is 0 Å². The second kappa shape index (κ2) is 7.48. The SMILES string of the molecule is CNC(C)c1cccc(SCc2cccc(OC)c2F)c1. The second-order valence-corrected chi connectivity index (χ2v) is 5.85. The molecule has 2 rings (SSSR count). The van der Waals surface area contributed by atoms with Gasteiger partial charge in [-0.2, -0.15) is 0 Å². The molecule has 112 valence electrons. The molecule has 0 aliphatic rings. The predicted molar refractivity (Wildman–Crippen MR) is 86.4 cm³/mol. The van der Waals surface area contributed by atoms with Gasteiger partial charge in [-0.1, -0.05) is 24.3 Å². The fourth-order valence-electron chi connectivity index (χ4n) is 2.03. The van der Waals surface area contributed by atoms with Crippen molar-refractivity contribution in [3.05, 3.63) is 59.4 Å². The average molecular weight is 305 g/mol. The summed E-state index contributed by atoms with van der Waals surface area (Å²) >= 11 is 1.63. The summed E-state index contributed by atoms with van der Waals surface area (Å²) < 4.78 is 19.1. The molecule has 0 spiro atoms. The summed E-state index contributed by atoms with van der Waals surface area (Å²) in [5.74, 6) is 0.610. The maximum absolute atomic E-state index is 14.1. The molecule has 21 heavy (non-hydrogen) atoms. The highest BCUT2D eigenvalue weighted by Gasteiger charge is 2.09. The largest absolute Gasteiger partial charge is 0.494 e. The monoisotopic (exact) mass is 305 g/mol. The molecule has 0 saturated heterocycles. The third kappa shape index (κ3) is 3.99. The number of thioether (sulfide) groups is 1. The molecule has 0 heterocycles. The Morgan fingerprint density at radius 3 is 2.71 bits per heavy atom. The average Bonchev–Trinajstić information content (AvgIpc) is 2.53. The van der Waals surface area contributed by atoms with Crippen LogP contribution in [-0.4, -0.2) is 14.2 Å². The van der Waals surface area contributed by atoms with Crippen LogP contribution in [0.2, 0.25) is 0 Å². The molecule has 1 atom stereocenters. The Balaban J connectivity index is 2.10. The number of ether oxygens (including phenoxy) is 1. The zero-order chi connectivity index (χ0) is 15.2. The first-order chi connectivity index (χ1) is 10.2. The highest BCUT2D eigenvalue weighted by Crippen LogP contribution is 2.29. The van der Waals surface area contributed by atoms with E-state index in [9.17, 15) is 4.39 Å². The van der Waals surface area contributed by atoms with Gasteiger partial charge in [0.2, 0.25) is 0 Å². The molecule has 2 aromatic rings. The first-order valence-corrected chi connectivity index (χ1v) is 7.85. The maximum Gasteiger partial charge on any atom is 0.169 e. The van der Waals surface area contributed by atoms with E-state index < -0.39 is 0 Å². The molecule has 0 aliphatic heterocycles. The van der Waals surface area contributed by atoms with Crippen LogP contribution in [0.1, 0.15) is 24.1 Å². The lowest BCUT2D eigenvalue weighted by molar-refractivity contribution is 0.385. The molecule has 2 nitrogen and oxygen atoms in total. The summed E-state index contributed by atoms with van der Waals surface area (Å²) in [6, 6.07) is 13.9. The molecule has 4 heteroatoms. The number of methoxy groups -OCH3 is 1. The minimum absolute atomic E-state index is 0.271. The Bertz CT molecular complexity index is 603. The van der Waals surface area contributed by atoms with Gasteiger partial charge in [-0.3, -0.25) is 0 Å². The quantitative estimate of drug-likeness (QED) is 0.799. The molecule has 1 N–H and O–H groups in total. The van der Waals surface area contributed by atoms with E-state index in [1.165, 1.54) is 12.7 Å². The lowest BCUT2D eigenvalue weighted by atomic mass is 10.1. The summed E-state index contributed by atoms with van der Waals surface area (Å²) in [5.41, 5.74) is 1.89. The third-order valence-corrected chi connectivity index (χ3v) is 4.49. The van der Waals surface area contributed by atoms with Crippen molar-refractivity contribution < 1.29 is 9.13 Å². The van der Waals surface area contributed by atoms with Gasteiger partial charge < -0.3 is 10.1 Å². The van der Waals surface area contributed by atoms with E-state index in [0.29, 0.717) is 23.1 Å². The zero-order valence-electron chi connectivity index (χ0n) is 12.5. The number of rotatable bonds is 6. The van der Waals surface area contributed by atoms with Crippen molar-refractivity contribution in [3.8, 4) is 5.75 Å². The first-order valence-electron chi connectivity index (χ1n) is 6.87. The van der Waals surface area contributed by atoms with Gasteiger partial charge in [-0.05, 0) is 37.7 Å². The van der Waals surface area contributed by atoms with Crippen LogP contribution < -0.4 is 10.1 Å². The lowest BCUT2D eigenvalue weighted by Gasteiger charge is -2.12. The van der Waals surface area contributed by atoms with Crippen LogP contribution in [0, 0.1) is 5.82 Å². The number of halogens is 1. The van der Waals surface area contributed by atoms with Crippen LogP contribution in [0.3, 0.4) is 0 Å². The van der Waals surface area contributed by atoms with Crippen LogP contribution >= 0.6 is 11.8 Å². The number of hydrogen-bond acceptors (Lipinski definition) is 3. The Morgan fingerprint density at radius 1 is 1.24 bits per heavy atom. The Kier molecular flexibility index (Phi) is 5.65. The van der Waals surface area contributed by atoms with E-state index >= 15 is 0 Å². The van der Waals surface area contributed by atoms with E-state index in [-0.39, 0.29) is 5.82 Å². The topological polar surface area (TPSA) is 21.3 Å². The number of nitrogens with one attached hydrogen (secondary N) is 1. The highest BCUT2D eigenvalue weighted by molar-refractivity contribution is 7.98. The molecule has 2 aromatic carbocycles. The maximum atomic E-state index is 14.1. The van der Waals surface area contributed by atoms with E-state index in [1.807, 2.05) is 19.2 Å². The summed E-state index contributed by atoms with van der Waals surface area (Å²) in [6.07, 6.45) is 0. The van der Waals surface area contributed by atoms with E-state index in [1.54, 1.807) is 23.9 Å². The molecule has 0 fully saturated rings. The van der Waals surface area contributed by atoms with Crippen LogP contribution in [0.4, 0.5) is 4.39 Å². The van der Waals surface area contributed by atoms with Crippen LogP contribution in [0.15, 0.2) is 47.4 Å². The van der Waals surface area contributed by atoms with Gasteiger partial charge in [0, 0.05) is 22.3 Å². The highest BCUT2D eigenvalue weighted by atomic mass is 32.2. The molecular weight excluding hydrogens is 285 g/mol. The van der Waals surface area contributed by atoms with E-state index in [2.05, 4.69) is 30.4 Å². The second-order valence-electron chi connectivity index (χ2n) is 4.80. The van der Waals surface area contributed by atoms with Gasteiger partial charge in [0.25, 0.3) is 0 Å². The Morgan fingerprint density at radius 2 is 2.00 bits per heavy atom. The summed E-state index contributed by atoms with van der Waals surface area (Å²) in [4.78, 5) is 1.14. The first kappa shape index (κ1) is 15.9. The van der Waals surface area contributed by atoms with Crippen molar-refractivity contribution in [1.29, 1.82) is 0 Å². The lowest BCUT2D eigenvalue weighted by Crippen LogP contribution is -2.11. The minimum Gasteiger partial charge on any atom is -0.494 e. The van der Waals surface area contributed by atoms with Crippen molar-refractivity contribution in [2.24, 2.45) is 0 Å². The van der Waals surface area contributed by atoms with Gasteiger partial charge in [0.15, 0.2) is 11.6 Å². The minimum atomic E-state index is -0.271. The standard InChI is InChI=1S/C17H20FNOS/c1-12(19-2)13-6-4-8-15(10-13)21-11-14-7-5-9-16(20-3)17(14)18/h4-10,12,19H,11H2,1-3H3. The molecule has 0 radical (unpaired) electrons. The summed E-state index contributed by atoms with van der Waals surface area (Å²) in [5, 5.41) is 3.22. The smallest absolute Gasteiger partial charge is 0.169 e. The summed E-state index contributed by atoms with van der Waals surface area (Å²) in [6.45, 7) is 2.12. The van der Waals surface area contributed by atoms with Gasteiger partial charge >= 0.3 is 0 Å². The van der Waals surface area contributed by atoms with Crippen molar-refractivity contribution in [3.63, 3.8) is 0 Å². The molecule has 1 unspecified atom stereocenters. The normalized spacial score (nSPS) is 12.2. The number of hydrogen-bond donors (Lipinski definition) is 1. The third-order valence-electron chi connectivity index (χ3n) is 3.45. The van der Waals surface area contributed by atoms with E-state index in [4.69, 9.17) is 4.74 Å². The molecule has 0 saturated carbocycles. The van der Waals surface area contributed by atoms with Crippen LogP contribution in [-0.2, 0) is 5.75 Å². The fraction of sp³-hybridized carbons (Fsp3) is 0.294. The van der Waals surface area contributed by atoms with Crippen LogP contribution in [0.25, 0.3) is 0 Å². The van der Waals surface area contributed by atoms with Crippen molar-refractivity contribution >= 4 is 11.8 Å². The Labute approximate surface area is 129 Å². The summed E-state index contributed by atoms with van der Waals surface area (Å²) in [7, 11) is 3.42. The predicted octanol–water partition coefficient (Wildman–Crippen LogP) is 4.41. The fourth-order valence-corrected chi connectivity index (χ4v) is 2.97. The van der Waals surface area contributed by atoms with Crippen molar-refractivity contribution in [1.82, 2.24) is 5.32 Å². The Hall–Kier alpha value is -1.52. The van der Waals surface area contributed by atoms with Gasteiger partial charge in [-0.15, -0.1) is 11.8 Å². The molecule has 0 amide bonds. The van der Waals surface area contributed by atoms with E-state index in [0.717, 1.165) is 4.90 Å². The van der Waals surface area contributed by atoms with Crippen LogP contribution in [0.5, 0.6) is 5.75 Å². The molecule has 0 aliphatic carbocycles. The molecular formula is C17H20FNOS.